The number of carbonyl (C=O) groups excluding carboxylic acids is 2. The summed E-state index contributed by atoms with van der Waals surface area (Å²) in [6, 6.07) is 8.41. The lowest BCUT2D eigenvalue weighted by Gasteiger charge is -2.39. The summed E-state index contributed by atoms with van der Waals surface area (Å²) in [6.45, 7) is -0.147. The predicted octanol–water partition coefficient (Wildman–Crippen LogP) is 2.24. The van der Waals surface area contributed by atoms with Gasteiger partial charge in [0.1, 0.15) is 6.04 Å². The van der Waals surface area contributed by atoms with E-state index in [4.69, 9.17) is 0 Å². The van der Waals surface area contributed by atoms with Crippen LogP contribution in [0.5, 0.6) is 0 Å². The molecule has 7 heteroatoms. The number of hydrogen-bond donors (Lipinski definition) is 0. The Balaban J connectivity index is 2.10. The molecule has 1 aromatic carbocycles. The minimum Gasteiger partial charge on any atom is -0.335 e. The predicted molar refractivity (Wildman–Crippen MR) is 78.6 cm³/mol. The molecule has 1 fully saturated rings. The van der Waals surface area contributed by atoms with Crippen molar-refractivity contribution in [1.29, 1.82) is 0 Å². The fourth-order valence-corrected chi connectivity index (χ4v) is 2.70. The fourth-order valence-electron chi connectivity index (χ4n) is 2.70. The molecular weight excluding hydrogens is 309 g/mol. The van der Waals surface area contributed by atoms with Crippen LogP contribution < -0.4 is 0 Å². The maximum absolute atomic E-state index is 12.4. The molecule has 1 aromatic rings. The topological polar surface area (TPSA) is 40.6 Å². The molecule has 0 unspecified atom stereocenters. The third-order valence-electron chi connectivity index (χ3n) is 3.86. The number of likely N-dealkylation sites (N-methyl/N-ethyl adjacent to an activating group) is 1. The van der Waals surface area contributed by atoms with E-state index in [0.29, 0.717) is 6.42 Å². The maximum atomic E-state index is 12.4. The van der Waals surface area contributed by atoms with Gasteiger partial charge in [0.15, 0.2) is 0 Å². The Kier molecular flexibility index (Phi) is 5.28. The largest absolute Gasteiger partial charge is 0.389 e. The number of benzene rings is 1. The molecule has 0 radical (unpaired) electrons. The lowest BCUT2D eigenvalue weighted by molar-refractivity contribution is -0.156. The Morgan fingerprint density at radius 3 is 2.43 bits per heavy atom. The minimum absolute atomic E-state index is 0.0601. The van der Waals surface area contributed by atoms with E-state index >= 15 is 0 Å². The summed E-state index contributed by atoms with van der Waals surface area (Å²) >= 11 is 0. The summed E-state index contributed by atoms with van der Waals surface area (Å²) in [5, 5.41) is 0. The monoisotopic (exact) mass is 328 g/mol. The van der Waals surface area contributed by atoms with E-state index in [0.717, 1.165) is 5.56 Å². The van der Waals surface area contributed by atoms with Gasteiger partial charge in [-0.05, 0) is 12.0 Å². The van der Waals surface area contributed by atoms with Crippen LogP contribution in [-0.2, 0) is 16.0 Å². The Morgan fingerprint density at radius 1 is 1.17 bits per heavy atom. The Labute approximate surface area is 132 Å². The molecule has 0 bridgehead atoms. The number of carbonyl (C=O) groups is 2. The molecule has 0 N–H and O–H groups in total. The van der Waals surface area contributed by atoms with Crippen molar-refractivity contribution in [3.63, 3.8) is 0 Å². The molecule has 0 spiro atoms. The molecule has 1 saturated heterocycles. The number of amides is 2. The van der Waals surface area contributed by atoms with Crippen LogP contribution in [0.15, 0.2) is 30.3 Å². The highest BCUT2D eigenvalue weighted by atomic mass is 19.4. The zero-order valence-electron chi connectivity index (χ0n) is 12.8. The number of hydrogen-bond acceptors (Lipinski definition) is 2. The fraction of sp³-hybridized carbons (Fsp3) is 0.500. The third-order valence-corrected chi connectivity index (χ3v) is 3.86. The van der Waals surface area contributed by atoms with Crippen LogP contribution in [0.3, 0.4) is 0 Å². The van der Waals surface area contributed by atoms with E-state index in [1.54, 1.807) is 0 Å². The first-order valence-corrected chi connectivity index (χ1v) is 7.43. The second-order valence-corrected chi connectivity index (χ2v) is 5.71. The van der Waals surface area contributed by atoms with Gasteiger partial charge < -0.3 is 9.80 Å². The Hall–Kier alpha value is -2.05. The number of piperazine rings is 1. The van der Waals surface area contributed by atoms with E-state index in [1.807, 2.05) is 30.3 Å². The van der Waals surface area contributed by atoms with Crippen LogP contribution in [0.2, 0.25) is 0 Å². The molecule has 2 amide bonds. The lowest BCUT2D eigenvalue weighted by Crippen LogP contribution is -2.59. The van der Waals surface area contributed by atoms with Crippen LogP contribution in [0.4, 0.5) is 13.2 Å². The first kappa shape index (κ1) is 17.3. The van der Waals surface area contributed by atoms with E-state index < -0.39 is 18.6 Å². The average Bonchev–Trinajstić information content (AvgIpc) is 2.47. The van der Waals surface area contributed by atoms with Crippen LogP contribution in [-0.4, -0.2) is 54.0 Å². The van der Waals surface area contributed by atoms with Gasteiger partial charge in [0.25, 0.3) is 0 Å². The van der Waals surface area contributed by atoms with Gasteiger partial charge in [-0.15, -0.1) is 0 Å². The van der Waals surface area contributed by atoms with Crippen molar-refractivity contribution in [3.05, 3.63) is 35.9 Å². The van der Waals surface area contributed by atoms with Crippen LogP contribution >= 0.6 is 0 Å². The summed E-state index contributed by atoms with van der Waals surface area (Å²) < 4.78 is 36.9. The highest BCUT2D eigenvalue weighted by molar-refractivity contribution is 5.94. The summed E-state index contributed by atoms with van der Waals surface area (Å²) in [5.74, 6) is -0.546. The van der Waals surface area contributed by atoms with Crippen LogP contribution in [0.25, 0.3) is 0 Å². The van der Waals surface area contributed by atoms with Crippen molar-refractivity contribution in [2.24, 2.45) is 0 Å². The van der Waals surface area contributed by atoms with Gasteiger partial charge in [-0.1, -0.05) is 30.3 Å². The van der Waals surface area contributed by atoms with Crippen LogP contribution in [0, 0.1) is 0 Å². The van der Waals surface area contributed by atoms with E-state index in [9.17, 15) is 22.8 Å². The number of alkyl halides is 3. The number of halogens is 3. The SMILES string of the molecule is CN1CC(=O)N(CCCC(F)(F)F)[C@H](Cc2ccccc2)C1=O. The molecule has 0 saturated carbocycles. The second-order valence-electron chi connectivity index (χ2n) is 5.71. The van der Waals surface area contributed by atoms with Gasteiger partial charge >= 0.3 is 6.18 Å². The summed E-state index contributed by atoms with van der Waals surface area (Å²) in [4.78, 5) is 27.1. The molecule has 2 rings (SSSR count). The van der Waals surface area contributed by atoms with E-state index in [1.165, 1.54) is 16.8 Å². The summed E-state index contributed by atoms with van der Waals surface area (Å²) in [7, 11) is 1.53. The molecule has 1 heterocycles. The third kappa shape index (κ3) is 4.71. The Morgan fingerprint density at radius 2 is 1.83 bits per heavy atom. The normalized spacial score (nSPS) is 19.4. The van der Waals surface area contributed by atoms with Crippen molar-refractivity contribution < 1.29 is 22.8 Å². The Bertz CT molecular complexity index is 560. The van der Waals surface area contributed by atoms with Gasteiger partial charge in [-0.2, -0.15) is 13.2 Å². The smallest absolute Gasteiger partial charge is 0.335 e. The van der Waals surface area contributed by atoms with Gasteiger partial charge in [0.05, 0.1) is 6.54 Å². The van der Waals surface area contributed by atoms with Gasteiger partial charge in [0, 0.05) is 26.4 Å². The molecule has 0 aromatic heterocycles. The zero-order valence-corrected chi connectivity index (χ0v) is 12.8. The standard InChI is InChI=1S/C16H19F3N2O2/c1-20-11-14(22)21(9-5-8-16(17,18)19)13(15(20)23)10-12-6-3-2-4-7-12/h2-4,6-7,13H,5,8-11H2,1H3/t13-/m1/s1. The lowest BCUT2D eigenvalue weighted by atomic mass is 10.0. The van der Waals surface area contributed by atoms with Crippen molar-refractivity contribution in [2.75, 3.05) is 20.1 Å². The van der Waals surface area contributed by atoms with Crippen molar-refractivity contribution in [1.82, 2.24) is 9.80 Å². The number of rotatable bonds is 5. The molecule has 1 atom stereocenters. The van der Waals surface area contributed by atoms with Crippen molar-refractivity contribution >= 4 is 11.8 Å². The first-order chi connectivity index (χ1) is 10.8. The quantitative estimate of drug-likeness (QED) is 0.832. The molecule has 1 aliphatic heterocycles. The van der Waals surface area contributed by atoms with Gasteiger partial charge in [-0.3, -0.25) is 9.59 Å². The number of nitrogens with zero attached hydrogens (tertiary/aromatic N) is 2. The van der Waals surface area contributed by atoms with Crippen molar-refractivity contribution in [2.45, 2.75) is 31.5 Å². The minimum atomic E-state index is -4.26. The summed E-state index contributed by atoms with van der Waals surface area (Å²) in [5.41, 5.74) is 0.870. The molecular formula is C16H19F3N2O2. The maximum Gasteiger partial charge on any atom is 0.389 e. The molecule has 0 aliphatic carbocycles. The summed E-state index contributed by atoms with van der Waals surface area (Å²) in [6.07, 6.45) is -5.10. The molecule has 23 heavy (non-hydrogen) atoms. The van der Waals surface area contributed by atoms with Gasteiger partial charge in [0.2, 0.25) is 11.8 Å². The van der Waals surface area contributed by atoms with Crippen LogP contribution in [0.1, 0.15) is 18.4 Å². The molecule has 126 valence electrons. The average molecular weight is 328 g/mol. The van der Waals surface area contributed by atoms with Gasteiger partial charge in [-0.25, -0.2) is 0 Å². The second kappa shape index (κ2) is 7.02. The van der Waals surface area contributed by atoms with E-state index in [2.05, 4.69) is 0 Å². The molecule has 1 aliphatic rings. The molecule has 4 nitrogen and oxygen atoms in total. The van der Waals surface area contributed by atoms with E-state index in [-0.39, 0.29) is 31.3 Å². The van der Waals surface area contributed by atoms with Crippen molar-refractivity contribution in [3.8, 4) is 0 Å². The highest BCUT2D eigenvalue weighted by Gasteiger charge is 2.38. The highest BCUT2D eigenvalue weighted by Crippen LogP contribution is 2.23. The first-order valence-electron chi connectivity index (χ1n) is 7.43. The zero-order chi connectivity index (χ0) is 17.0.